The number of halogens is 2. The van der Waals surface area contributed by atoms with Crippen molar-refractivity contribution in [3.8, 4) is 0 Å². The Morgan fingerprint density at radius 3 is 2.50 bits per heavy atom. The van der Waals surface area contributed by atoms with Crippen molar-refractivity contribution in [3.05, 3.63) is 75.6 Å². The van der Waals surface area contributed by atoms with Crippen LogP contribution in [0.1, 0.15) is 11.1 Å². The first-order valence-electron chi connectivity index (χ1n) is 6.34. The van der Waals surface area contributed by atoms with E-state index in [0.717, 1.165) is 4.74 Å². The van der Waals surface area contributed by atoms with Crippen LogP contribution >= 0.6 is 23.2 Å². The first-order chi connectivity index (χ1) is 10.6. The zero-order valence-electron chi connectivity index (χ0n) is 11.1. The Morgan fingerprint density at radius 2 is 1.82 bits per heavy atom. The minimum absolute atomic E-state index is 0.0121. The minimum Gasteiger partial charge on any atom is -0.819 e. The number of rotatable bonds is 2. The van der Waals surface area contributed by atoms with Crippen molar-refractivity contribution in [2.75, 3.05) is 0 Å². The Balaban J connectivity index is 2.05. The molecule has 0 N–H and O–H groups in total. The van der Waals surface area contributed by atoms with E-state index in [1.54, 1.807) is 48.5 Å². The summed E-state index contributed by atoms with van der Waals surface area (Å²) in [5.41, 5.74) is 1.01. The molecule has 110 valence electrons. The normalized spacial score (nSPS) is 16.3. The predicted molar refractivity (Wildman–Crippen MR) is 81.3 cm³/mol. The summed E-state index contributed by atoms with van der Waals surface area (Å²) in [5, 5.41) is 13.2. The molecule has 0 aliphatic carbocycles. The highest BCUT2D eigenvalue weighted by molar-refractivity contribution is 6.36. The van der Waals surface area contributed by atoms with Crippen LogP contribution in [0.25, 0.3) is 5.57 Å². The van der Waals surface area contributed by atoms with Gasteiger partial charge in [-0.15, -0.1) is 0 Å². The lowest BCUT2D eigenvalue weighted by atomic mass is 10.1. The Hall–Kier alpha value is -2.30. The van der Waals surface area contributed by atoms with Crippen molar-refractivity contribution in [1.82, 2.24) is 0 Å². The molecule has 6 heteroatoms. The summed E-state index contributed by atoms with van der Waals surface area (Å²) >= 11 is 11.9. The number of nitrogens with zero attached hydrogens (tertiary/aromatic N) is 1. The van der Waals surface area contributed by atoms with Crippen LogP contribution in [0.15, 0.2) is 54.4 Å². The first kappa shape index (κ1) is 14.6. The van der Waals surface area contributed by atoms with E-state index in [1.807, 2.05) is 0 Å². The van der Waals surface area contributed by atoms with Gasteiger partial charge >= 0.3 is 5.97 Å². The van der Waals surface area contributed by atoms with Gasteiger partial charge in [0.1, 0.15) is 5.57 Å². The van der Waals surface area contributed by atoms with Gasteiger partial charge in [-0.2, -0.15) is 4.84 Å². The van der Waals surface area contributed by atoms with E-state index >= 15 is 0 Å². The van der Waals surface area contributed by atoms with Crippen LogP contribution in [0, 0.1) is 0 Å². The molecule has 3 rings (SSSR count). The second-order valence-corrected chi connectivity index (χ2v) is 5.39. The summed E-state index contributed by atoms with van der Waals surface area (Å²) < 4.78 is 0.875. The average molecular weight is 334 g/mol. The standard InChI is InChI=1S/C16H9Cl2NO3/c17-12-7-6-11(13(18)8-12)9-19-15(20)14(16(21)22-19)10-4-2-1-3-5-10/h1-9H/b19-9-. The van der Waals surface area contributed by atoms with Crippen molar-refractivity contribution < 1.29 is 19.5 Å². The smallest absolute Gasteiger partial charge is 0.417 e. The van der Waals surface area contributed by atoms with E-state index in [2.05, 4.69) is 0 Å². The Labute approximate surface area is 136 Å². The molecule has 1 heterocycles. The Morgan fingerprint density at radius 1 is 1.09 bits per heavy atom. The van der Waals surface area contributed by atoms with Gasteiger partial charge in [0, 0.05) is 9.76 Å². The van der Waals surface area contributed by atoms with Gasteiger partial charge in [0.05, 0.1) is 10.6 Å². The van der Waals surface area contributed by atoms with Crippen molar-refractivity contribution >= 4 is 41.0 Å². The number of carbonyl (C=O) groups is 1. The molecular weight excluding hydrogens is 325 g/mol. The van der Waals surface area contributed by atoms with Crippen LogP contribution in [0.4, 0.5) is 0 Å². The highest BCUT2D eigenvalue weighted by Gasteiger charge is 2.33. The van der Waals surface area contributed by atoms with E-state index in [0.29, 0.717) is 21.2 Å². The maximum absolute atomic E-state index is 12.3. The van der Waals surface area contributed by atoms with Crippen LogP contribution in [0.2, 0.25) is 10.0 Å². The van der Waals surface area contributed by atoms with Crippen LogP contribution in [-0.2, 0) is 9.63 Å². The fourth-order valence-corrected chi connectivity index (χ4v) is 2.49. The van der Waals surface area contributed by atoms with Gasteiger partial charge in [-0.1, -0.05) is 53.5 Å². The van der Waals surface area contributed by atoms with Gasteiger partial charge in [0.15, 0.2) is 0 Å². The lowest BCUT2D eigenvalue weighted by Crippen LogP contribution is -2.18. The largest absolute Gasteiger partial charge is 0.819 e. The molecule has 0 amide bonds. The van der Waals surface area contributed by atoms with Gasteiger partial charge in [-0.05, 0) is 23.8 Å². The summed E-state index contributed by atoms with van der Waals surface area (Å²) in [6.45, 7) is 0. The Bertz CT molecular complexity index is 813. The molecule has 4 nitrogen and oxygen atoms in total. The van der Waals surface area contributed by atoms with E-state index < -0.39 is 11.9 Å². The molecule has 0 saturated heterocycles. The number of hydroxylamine groups is 1. The molecule has 1 aliphatic rings. The number of carbonyl (C=O) groups excluding carboxylic acids is 1. The fourth-order valence-electron chi connectivity index (χ4n) is 2.04. The molecule has 0 atom stereocenters. The number of hydrogen-bond acceptors (Lipinski definition) is 3. The second-order valence-electron chi connectivity index (χ2n) is 4.55. The molecule has 0 aromatic heterocycles. The number of hydrogen-bond donors (Lipinski definition) is 0. The summed E-state index contributed by atoms with van der Waals surface area (Å²) in [6, 6.07) is 13.4. The fraction of sp³-hybridized carbons (Fsp3) is 0. The molecule has 2 aromatic carbocycles. The van der Waals surface area contributed by atoms with Crippen molar-refractivity contribution in [2.45, 2.75) is 0 Å². The van der Waals surface area contributed by atoms with Gasteiger partial charge in [-0.25, -0.2) is 4.79 Å². The lowest BCUT2D eigenvalue weighted by Gasteiger charge is -2.01. The topological polar surface area (TPSA) is 52.4 Å². The molecule has 0 saturated carbocycles. The highest BCUT2D eigenvalue weighted by atomic mass is 35.5. The molecule has 0 bridgehead atoms. The van der Waals surface area contributed by atoms with E-state index in [9.17, 15) is 9.90 Å². The monoisotopic (exact) mass is 333 g/mol. The molecule has 0 radical (unpaired) electrons. The van der Waals surface area contributed by atoms with Gasteiger partial charge < -0.3 is 5.11 Å². The third-order valence-electron chi connectivity index (χ3n) is 3.08. The molecule has 0 unspecified atom stereocenters. The quantitative estimate of drug-likeness (QED) is 0.627. The van der Waals surface area contributed by atoms with Crippen LogP contribution in [0.5, 0.6) is 0 Å². The molecule has 2 aromatic rings. The van der Waals surface area contributed by atoms with Gasteiger partial charge in [0.2, 0.25) is 12.1 Å². The second kappa shape index (κ2) is 5.83. The summed E-state index contributed by atoms with van der Waals surface area (Å²) in [4.78, 5) is 16.9. The van der Waals surface area contributed by atoms with Crippen LogP contribution in [0.3, 0.4) is 0 Å². The van der Waals surface area contributed by atoms with Gasteiger partial charge in [-0.3, -0.25) is 0 Å². The molecule has 1 aliphatic heterocycles. The third kappa shape index (κ3) is 2.71. The Kier molecular flexibility index (Phi) is 3.88. The van der Waals surface area contributed by atoms with Crippen molar-refractivity contribution in [2.24, 2.45) is 0 Å². The molecule has 0 spiro atoms. The first-order valence-corrected chi connectivity index (χ1v) is 7.10. The molecule has 0 fully saturated rings. The summed E-state index contributed by atoms with van der Waals surface area (Å²) in [5.74, 6) is -1.24. The van der Waals surface area contributed by atoms with E-state index in [1.165, 1.54) is 6.21 Å². The van der Waals surface area contributed by atoms with E-state index in [-0.39, 0.29) is 5.57 Å². The lowest BCUT2D eigenvalue weighted by molar-refractivity contribution is -0.770. The molecular formula is C16H9Cl2NO3. The van der Waals surface area contributed by atoms with Crippen molar-refractivity contribution in [3.63, 3.8) is 0 Å². The predicted octanol–water partition coefficient (Wildman–Crippen LogP) is 2.63. The van der Waals surface area contributed by atoms with Crippen molar-refractivity contribution in [1.29, 1.82) is 0 Å². The molecule has 22 heavy (non-hydrogen) atoms. The summed E-state index contributed by atoms with van der Waals surface area (Å²) in [7, 11) is 0. The van der Waals surface area contributed by atoms with Crippen LogP contribution in [-0.4, -0.2) is 16.9 Å². The third-order valence-corrected chi connectivity index (χ3v) is 3.64. The number of benzene rings is 2. The minimum atomic E-state index is -0.697. The van der Waals surface area contributed by atoms with E-state index in [4.69, 9.17) is 28.0 Å². The highest BCUT2D eigenvalue weighted by Crippen LogP contribution is 2.25. The average Bonchev–Trinajstić information content (AvgIpc) is 2.77. The zero-order chi connectivity index (χ0) is 15.7. The van der Waals surface area contributed by atoms with Gasteiger partial charge in [0.25, 0.3) is 0 Å². The summed E-state index contributed by atoms with van der Waals surface area (Å²) in [6.07, 6.45) is 1.36. The van der Waals surface area contributed by atoms with Crippen LogP contribution < -0.4 is 5.11 Å². The SMILES string of the molecule is O=C1O/[N+](=C\c2ccc(Cl)cc2Cl)C([O-])=C1c1ccccc1. The maximum Gasteiger partial charge on any atom is 0.417 e. The zero-order valence-corrected chi connectivity index (χ0v) is 12.6. The maximum atomic E-state index is 12.3.